The number of hydrogen-bond acceptors (Lipinski definition) is 5. The maximum Gasteiger partial charge on any atom is 0.312 e. The standard InChI is InChI=1S/C15H20N4O4S/c1-11(8-9-12-5-4-10-18(12)2)17-13-6-3-7-14(24(16,22)23)15(13)19(20)21/h3-7,10-11,17H,8-9H2,1-2H3,(H2,16,22,23). The number of aryl methyl sites for hydroxylation is 2. The van der Waals surface area contributed by atoms with E-state index >= 15 is 0 Å². The first-order valence-electron chi connectivity index (χ1n) is 7.37. The lowest BCUT2D eigenvalue weighted by Crippen LogP contribution is -2.19. The summed E-state index contributed by atoms with van der Waals surface area (Å²) in [5.41, 5.74) is 0.771. The highest BCUT2D eigenvalue weighted by Gasteiger charge is 2.27. The van der Waals surface area contributed by atoms with Gasteiger partial charge >= 0.3 is 5.69 Å². The van der Waals surface area contributed by atoms with E-state index in [0.717, 1.165) is 24.6 Å². The molecular weight excluding hydrogens is 332 g/mol. The van der Waals surface area contributed by atoms with Crippen molar-refractivity contribution >= 4 is 21.4 Å². The van der Waals surface area contributed by atoms with Gasteiger partial charge in [-0.15, -0.1) is 0 Å². The third kappa shape index (κ3) is 4.12. The Bertz CT molecular complexity index is 845. The molecule has 0 saturated heterocycles. The van der Waals surface area contributed by atoms with Gasteiger partial charge in [0.05, 0.1) is 4.92 Å². The van der Waals surface area contributed by atoms with Crippen LogP contribution in [-0.2, 0) is 23.5 Å². The number of primary sulfonamides is 1. The van der Waals surface area contributed by atoms with Gasteiger partial charge in [0.2, 0.25) is 10.0 Å². The second kappa shape index (κ2) is 7.02. The Morgan fingerprint density at radius 2 is 2.04 bits per heavy atom. The Hall–Kier alpha value is -2.39. The molecule has 2 rings (SSSR count). The van der Waals surface area contributed by atoms with Gasteiger partial charge in [0, 0.05) is 25.0 Å². The number of nitrogens with one attached hydrogen (secondary N) is 1. The van der Waals surface area contributed by atoms with Crippen molar-refractivity contribution in [3.8, 4) is 0 Å². The minimum Gasteiger partial charge on any atom is -0.377 e. The Balaban J connectivity index is 2.20. The van der Waals surface area contributed by atoms with Crippen LogP contribution in [0.3, 0.4) is 0 Å². The topological polar surface area (TPSA) is 120 Å². The van der Waals surface area contributed by atoms with Crippen molar-refractivity contribution < 1.29 is 13.3 Å². The van der Waals surface area contributed by atoms with Crippen molar-refractivity contribution in [1.82, 2.24) is 4.57 Å². The van der Waals surface area contributed by atoms with Gasteiger partial charge in [0.15, 0.2) is 4.90 Å². The number of nitrogens with zero attached hydrogens (tertiary/aromatic N) is 2. The van der Waals surface area contributed by atoms with E-state index in [9.17, 15) is 18.5 Å². The van der Waals surface area contributed by atoms with Crippen LogP contribution in [0.15, 0.2) is 41.4 Å². The molecule has 0 fully saturated rings. The molecule has 9 heteroatoms. The van der Waals surface area contributed by atoms with Gasteiger partial charge in [-0.25, -0.2) is 13.6 Å². The number of rotatable bonds is 7. The summed E-state index contributed by atoms with van der Waals surface area (Å²) in [5, 5.41) is 19.4. The highest BCUT2D eigenvalue weighted by Crippen LogP contribution is 2.32. The Morgan fingerprint density at radius 3 is 2.58 bits per heavy atom. The number of para-hydroxylation sites is 1. The smallest absolute Gasteiger partial charge is 0.312 e. The van der Waals surface area contributed by atoms with Gasteiger partial charge in [-0.3, -0.25) is 10.1 Å². The summed E-state index contributed by atoms with van der Waals surface area (Å²) in [6, 6.07) is 7.91. The third-order valence-corrected chi connectivity index (χ3v) is 4.72. The number of nitrogens with two attached hydrogens (primary N) is 1. The summed E-state index contributed by atoms with van der Waals surface area (Å²) in [4.78, 5) is 10.1. The summed E-state index contributed by atoms with van der Waals surface area (Å²) in [5.74, 6) is 0. The van der Waals surface area contributed by atoms with Gasteiger partial charge in [-0.1, -0.05) is 6.07 Å². The average Bonchev–Trinajstić information content (AvgIpc) is 2.89. The van der Waals surface area contributed by atoms with Crippen LogP contribution in [0, 0.1) is 10.1 Å². The maximum absolute atomic E-state index is 11.6. The number of aromatic nitrogens is 1. The highest BCUT2D eigenvalue weighted by atomic mass is 32.2. The molecule has 24 heavy (non-hydrogen) atoms. The molecule has 0 radical (unpaired) electrons. The van der Waals surface area contributed by atoms with Crippen molar-refractivity contribution in [1.29, 1.82) is 0 Å². The molecule has 8 nitrogen and oxygen atoms in total. The zero-order valence-electron chi connectivity index (χ0n) is 13.5. The van der Waals surface area contributed by atoms with Gasteiger partial charge < -0.3 is 9.88 Å². The van der Waals surface area contributed by atoms with E-state index in [4.69, 9.17) is 5.14 Å². The normalized spacial score (nSPS) is 12.8. The number of anilines is 1. The van der Waals surface area contributed by atoms with Gasteiger partial charge in [-0.2, -0.15) is 0 Å². The van der Waals surface area contributed by atoms with Gasteiger partial charge in [0.1, 0.15) is 5.69 Å². The van der Waals surface area contributed by atoms with Crippen molar-refractivity contribution in [3.63, 3.8) is 0 Å². The number of benzene rings is 1. The predicted octanol–water partition coefficient (Wildman–Crippen LogP) is 2.01. The molecule has 1 aromatic heterocycles. The maximum atomic E-state index is 11.6. The fraction of sp³-hybridized carbons (Fsp3) is 0.333. The molecule has 3 N–H and O–H groups in total. The molecular formula is C15H20N4O4S. The predicted molar refractivity (Wildman–Crippen MR) is 91.3 cm³/mol. The van der Waals surface area contributed by atoms with E-state index in [1.165, 1.54) is 12.1 Å². The fourth-order valence-corrected chi connectivity index (χ4v) is 3.24. The van der Waals surface area contributed by atoms with E-state index < -0.39 is 25.5 Å². The minimum atomic E-state index is -4.18. The molecule has 1 heterocycles. The van der Waals surface area contributed by atoms with Crippen LogP contribution in [0.4, 0.5) is 11.4 Å². The van der Waals surface area contributed by atoms with Crippen LogP contribution in [0.2, 0.25) is 0 Å². The number of sulfonamides is 1. The zero-order valence-corrected chi connectivity index (χ0v) is 14.3. The Morgan fingerprint density at radius 1 is 1.33 bits per heavy atom. The molecule has 0 aliphatic heterocycles. The lowest BCUT2D eigenvalue weighted by Gasteiger charge is -2.16. The first-order chi connectivity index (χ1) is 11.2. The molecule has 0 spiro atoms. The van der Waals surface area contributed by atoms with Crippen molar-refractivity contribution in [3.05, 3.63) is 52.3 Å². The fourth-order valence-electron chi connectivity index (χ4n) is 2.51. The van der Waals surface area contributed by atoms with E-state index in [2.05, 4.69) is 5.32 Å². The van der Waals surface area contributed by atoms with Crippen LogP contribution in [0.5, 0.6) is 0 Å². The molecule has 0 aliphatic rings. The quantitative estimate of drug-likeness (QED) is 0.583. The largest absolute Gasteiger partial charge is 0.377 e. The molecule has 1 aromatic carbocycles. The number of hydrogen-bond donors (Lipinski definition) is 2. The van der Waals surface area contributed by atoms with Crippen LogP contribution in [0.25, 0.3) is 0 Å². The Kier molecular flexibility index (Phi) is 5.25. The molecule has 1 unspecified atom stereocenters. The first-order valence-corrected chi connectivity index (χ1v) is 8.91. The van der Waals surface area contributed by atoms with Crippen molar-refractivity contribution in [2.24, 2.45) is 12.2 Å². The van der Waals surface area contributed by atoms with E-state index in [-0.39, 0.29) is 11.7 Å². The molecule has 1 atom stereocenters. The van der Waals surface area contributed by atoms with Gasteiger partial charge in [0.25, 0.3) is 0 Å². The Labute approximate surface area is 140 Å². The summed E-state index contributed by atoms with van der Waals surface area (Å²) in [6.45, 7) is 1.89. The van der Waals surface area contributed by atoms with Gasteiger partial charge in [-0.05, 0) is 44.0 Å². The molecule has 0 bridgehead atoms. The molecule has 130 valence electrons. The van der Waals surface area contributed by atoms with Crippen molar-refractivity contribution in [2.75, 3.05) is 5.32 Å². The van der Waals surface area contributed by atoms with E-state index in [1.807, 2.05) is 36.9 Å². The van der Waals surface area contributed by atoms with E-state index in [0.29, 0.717) is 0 Å². The molecule has 2 aromatic rings. The highest BCUT2D eigenvalue weighted by molar-refractivity contribution is 7.89. The molecule has 0 aliphatic carbocycles. The zero-order chi connectivity index (χ0) is 17.9. The summed E-state index contributed by atoms with van der Waals surface area (Å²) < 4.78 is 25.1. The average molecular weight is 352 g/mol. The number of nitro benzene ring substituents is 1. The van der Waals surface area contributed by atoms with Crippen LogP contribution in [0.1, 0.15) is 19.0 Å². The lowest BCUT2D eigenvalue weighted by atomic mass is 10.1. The lowest BCUT2D eigenvalue weighted by molar-refractivity contribution is -0.386. The summed E-state index contributed by atoms with van der Waals surface area (Å²) in [6.07, 6.45) is 3.48. The van der Waals surface area contributed by atoms with Crippen LogP contribution in [-0.4, -0.2) is 24.0 Å². The monoisotopic (exact) mass is 352 g/mol. The van der Waals surface area contributed by atoms with Crippen LogP contribution < -0.4 is 10.5 Å². The summed E-state index contributed by atoms with van der Waals surface area (Å²) >= 11 is 0. The van der Waals surface area contributed by atoms with Crippen molar-refractivity contribution in [2.45, 2.75) is 30.7 Å². The number of nitro groups is 1. The minimum absolute atomic E-state index is 0.0886. The molecule has 0 amide bonds. The third-order valence-electron chi connectivity index (χ3n) is 3.77. The SMILES string of the molecule is CC(CCc1cccn1C)Nc1cccc(S(N)(=O)=O)c1[N+](=O)[O-]. The summed E-state index contributed by atoms with van der Waals surface area (Å²) in [7, 11) is -2.22. The van der Waals surface area contributed by atoms with Crippen LogP contribution >= 0.6 is 0 Å². The molecule has 0 saturated carbocycles. The first kappa shape index (κ1) is 18.0. The second-order valence-electron chi connectivity index (χ2n) is 5.65. The van der Waals surface area contributed by atoms with E-state index in [1.54, 1.807) is 0 Å². The second-order valence-corrected chi connectivity index (χ2v) is 7.18.